The summed E-state index contributed by atoms with van der Waals surface area (Å²) in [4.78, 5) is 12.6. The minimum Gasteiger partial charge on any atom is -0.294 e. The lowest BCUT2D eigenvalue weighted by atomic mass is 10.1. The molecule has 0 atom stereocenters. The molecule has 0 spiro atoms. The Morgan fingerprint density at radius 2 is 1.61 bits per heavy atom. The fourth-order valence-electron chi connectivity index (χ4n) is 3.86. The number of rotatable bonds is 6. The van der Waals surface area contributed by atoms with Gasteiger partial charge in [-0.15, -0.1) is 0 Å². The Hall–Kier alpha value is -2.97. The summed E-state index contributed by atoms with van der Waals surface area (Å²) < 4.78 is 30.9. The van der Waals surface area contributed by atoms with Gasteiger partial charge in [-0.3, -0.25) is 9.36 Å². The summed E-state index contributed by atoms with van der Waals surface area (Å²) in [6.45, 7) is 0.495. The number of thiazole rings is 1. The summed E-state index contributed by atoms with van der Waals surface area (Å²) >= 11 is 7.27. The zero-order valence-electron chi connectivity index (χ0n) is 17.4. The van der Waals surface area contributed by atoms with E-state index in [1.165, 1.54) is 6.07 Å². The van der Waals surface area contributed by atoms with Crippen LogP contribution in [0, 0.1) is 0 Å². The molecule has 0 fully saturated rings. The Labute approximate surface area is 199 Å². The second kappa shape index (κ2) is 8.76. The summed E-state index contributed by atoms with van der Waals surface area (Å²) in [5.41, 5.74) is 2.40. The molecule has 0 aliphatic rings. The minimum absolute atomic E-state index is 0.126. The molecule has 0 bridgehead atoms. The molecule has 5 aromatic rings. The molecule has 8 heteroatoms. The smallest absolute Gasteiger partial charge is 0.294 e. The zero-order valence-corrected chi connectivity index (χ0v) is 19.8. The van der Waals surface area contributed by atoms with Gasteiger partial charge in [0.2, 0.25) is 10.0 Å². The van der Waals surface area contributed by atoms with Crippen LogP contribution in [0.25, 0.3) is 21.0 Å². The number of nitrogens with zero attached hydrogens (tertiary/aromatic N) is 1. The molecule has 0 saturated carbocycles. The molecular weight excluding hydrogens is 476 g/mol. The van der Waals surface area contributed by atoms with Gasteiger partial charge >= 0.3 is 4.87 Å². The Morgan fingerprint density at radius 3 is 2.45 bits per heavy atom. The van der Waals surface area contributed by atoms with Crippen molar-refractivity contribution < 1.29 is 8.42 Å². The SMILES string of the molecule is O=c1sc2cc(S(=O)(=O)NCc3cccc4ccccc34)ccc2n1Cc1ccccc1Cl. The van der Waals surface area contributed by atoms with E-state index in [1.54, 1.807) is 22.8 Å². The van der Waals surface area contributed by atoms with Gasteiger partial charge in [0.15, 0.2) is 0 Å². The Kier molecular flexibility index (Phi) is 5.80. The number of benzene rings is 4. The highest BCUT2D eigenvalue weighted by Crippen LogP contribution is 2.25. The second-order valence-electron chi connectivity index (χ2n) is 7.64. The van der Waals surface area contributed by atoms with Crippen LogP contribution < -0.4 is 9.60 Å². The number of hydrogen-bond donors (Lipinski definition) is 1. The molecule has 1 aromatic heterocycles. The van der Waals surface area contributed by atoms with Gasteiger partial charge in [0.1, 0.15) is 0 Å². The molecule has 0 amide bonds. The minimum atomic E-state index is -3.76. The van der Waals surface area contributed by atoms with Crippen molar-refractivity contribution in [3.8, 4) is 0 Å². The number of aromatic nitrogens is 1. The summed E-state index contributed by atoms with van der Waals surface area (Å²) in [5.74, 6) is 0. The molecule has 4 aromatic carbocycles. The first-order valence-corrected chi connectivity index (χ1v) is 12.9. The van der Waals surface area contributed by atoms with E-state index >= 15 is 0 Å². The molecule has 1 heterocycles. The van der Waals surface area contributed by atoms with Crippen molar-refractivity contribution in [2.75, 3.05) is 0 Å². The maximum absolute atomic E-state index is 13.0. The van der Waals surface area contributed by atoms with Gasteiger partial charge in [0, 0.05) is 11.6 Å². The first-order chi connectivity index (χ1) is 15.9. The van der Waals surface area contributed by atoms with Gasteiger partial charge in [-0.1, -0.05) is 83.6 Å². The zero-order chi connectivity index (χ0) is 23.0. The van der Waals surface area contributed by atoms with E-state index in [-0.39, 0.29) is 16.3 Å². The Bertz CT molecular complexity index is 1650. The largest absolute Gasteiger partial charge is 0.308 e. The molecule has 33 heavy (non-hydrogen) atoms. The van der Waals surface area contributed by atoms with Gasteiger partial charge < -0.3 is 0 Å². The van der Waals surface area contributed by atoms with Gasteiger partial charge in [-0.2, -0.15) is 0 Å². The lowest BCUT2D eigenvalue weighted by molar-refractivity contribution is 0.581. The monoisotopic (exact) mass is 494 g/mol. The lowest BCUT2D eigenvalue weighted by Gasteiger charge is -2.10. The first-order valence-electron chi connectivity index (χ1n) is 10.3. The van der Waals surface area contributed by atoms with Crippen molar-refractivity contribution in [3.05, 3.63) is 111 Å². The first kappa shape index (κ1) is 21.9. The molecule has 0 aliphatic carbocycles. The summed E-state index contributed by atoms with van der Waals surface area (Å²) in [6, 6.07) is 25.8. The number of hydrogen-bond acceptors (Lipinski definition) is 4. The predicted molar refractivity (Wildman–Crippen MR) is 135 cm³/mol. The Morgan fingerprint density at radius 1 is 0.879 bits per heavy atom. The molecular formula is C25H19ClN2O3S2. The van der Waals surface area contributed by atoms with Crippen LogP contribution in [0.2, 0.25) is 5.02 Å². The Balaban J connectivity index is 1.43. The van der Waals surface area contributed by atoms with Crippen LogP contribution in [-0.2, 0) is 23.1 Å². The maximum Gasteiger partial charge on any atom is 0.308 e. The average Bonchev–Trinajstić information content (AvgIpc) is 3.13. The van der Waals surface area contributed by atoms with Gasteiger partial charge in [0.05, 0.1) is 21.7 Å². The molecule has 0 saturated heterocycles. The maximum atomic E-state index is 13.0. The van der Waals surface area contributed by atoms with Crippen LogP contribution in [0.1, 0.15) is 11.1 Å². The number of halogens is 1. The average molecular weight is 495 g/mol. The second-order valence-corrected chi connectivity index (χ2v) is 10.8. The molecule has 166 valence electrons. The van der Waals surface area contributed by atoms with E-state index < -0.39 is 10.0 Å². The number of sulfonamides is 1. The molecule has 5 nitrogen and oxygen atoms in total. The highest BCUT2D eigenvalue weighted by Gasteiger charge is 2.17. The van der Waals surface area contributed by atoms with Crippen molar-refractivity contribution in [1.29, 1.82) is 0 Å². The van der Waals surface area contributed by atoms with E-state index in [9.17, 15) is 13.2 Å². The lowest BCUT2D eigenvalue weighted by Crippen LogP contribution is -2.23. The highest BCUT2D eigenvalue weighted by atomic mass is 35.5. The van der Waals surface area contributed by atoms with Crippen LogP contribution in [0.5, 0.6) is 0 Å². The van der Waals surface area contributed by atoms with E-state index in [0.717, 1.165) is 33.2 Å². The molecule has 0 unspecified atom stereocenters. The van der Waals surface area contributed by atoms with E-state index in [4.69, 9.17) is 11.6 Å². The van der Waals surface area contributed by atoms with E-state index in [2.05, 4.69) is 4.72 Å². The third-order valence-corrected chi connectivity index (χ3v) is 8.28. The van der Waals surface area contributed by atoms with Crippen LogP contribution in [0.4, 0.5) is 0 Å². The normalized spacial score (nSPS) is 11.9. The van der Waals surface area contributed by atoms with Crippen molar-refractivity contribution in [2.24, 2.45) is 0 Å². The molecule has 5 rings (SSSR count). The summed E-state index contributed by atoms with van der Waals surface area (Å²) in [5, 5.41) is 2.65. The van der Waals surface area contributed by atoms with Crippen molar-refractivity contribution in [3.63, 3.8) is 0 Å². The van der Waals surface area contributed by atoms with Gasteiger partial charge in [0.25, 0.3) is 0 Å². The third-order valence-electron chi connectivity index (χ3n) is 5.57. The topological polar surface area (TPSA) is 68.2 Å². The third kappa shape index (κ3) is 4.32. The number of fused-ring (bicyclic) bond motifs is 2. The van der Waals surface area contributed by atoms with Gasteiger partial charge in [-0.25, -0.2) is 13.1 Å². The molecule has 1 N–H and O–H groups in total. The van der Waals surface area contributed by atoms with Crippen molar-refractivity contribution >= 4 is 54.0 Å². The molecule has 0 radical (unpaired) electrons. The van der Waals surface area contributed by atoms with Crippen LogP contribution in [0.15, 0.2) is 94.6 Å². The highest BCUT2D eigenvalue weighted by molar-refractivity contribution is 7.89. The van der Waals surface area contributed by atoms with E-state index in [1.807, 2.05) is 60.7 Å². The van der Waals surface area contributed by atoms with Crippen LogP contribution in [-0.4, -0.2) is 13.0 Å². The van der Waals surface area contributed by atoms with Crippen molar-refractivity contribution in [2.45, 2.75) is 18.0 Å². The number of nitrogens with one attached hydrogen (secondary N) is 1. The van der Waals surface area contributed by atoms with Crippen LogP contribution in [0.3, 0.4) is 0 Å². The van der Waals surface area contributed by atoms with E-state index in [0.29, 0.717) is 21.8 Å². The van der Waals surface area contributed by atoms with Crippen LogP contribution >= 0.6 is 22.9 Å². The fourth-order valence-corrected chi connectivity index (χ4v) is 6.10. The predicted octanol–water partition coefficient (Wildman–Crippen LogP) is 5.40. The standard InChI is InChI=1S/C25H19ClN2O3S2/c26-22-11-4-2-7-19(22)16-28-23-13-12-20(14-24(23)32-25(28)29)33(30,31)27-15-18-9-5-8-17-6-1-3-10-21(17)18/h1-14,27H,15-16H2. The fraction of sp³-hybridized carbons (Fsp3) is 0.0800. The van der Waals surface area contributed by atoms with Crippen molar-refractivity contribution in [1.82, 2.24) is 9.29 Å². The summed E-state index contributed by atoms with van der Waals surface area (Å²) in [6.07, 6.45) is 0. The van der Waals surface area contributed by atoms with Gasteiger partial charge in [-0.05, 0) is 46.2 Å². The molecule has 0 aliphatic heterocycles. The summed E-state index contributed by atoms with van der Waals surface area (Å²) in [7, 11) is -3.76. The quantitative estimate of drug-likeness (QED) is 0.344.